The minimum absolute atomic E-state index is 0.228. The first-order valence-electron chi connectivity index (χ1n) is 10.3. The molecule has 1 unspecified atom stereocenters. The van der Waals surface area contributed by atoms with E-state index in [0.29, 0.717) is 38.1 Å². The largest absolute Gasteiger partial charge is 0.322 e. The number of amides is 2. The number of halogens is 2. The standard InChI is InChI=1S/C25H22Cl2N4O2/c1-15-4-11-20(12-5-15)31-23(29-22-14-18(27)8-13-21(22)24(31)32)16(2)30(3)25(33)28-19-9-6-17(26)7-10-19/h4-14,16H,1-3H3,(H,28,33). The molecule has 0 saturated heterocycles. The van der Waals surface area contributed by atoms with Gasteiger partial charge in [-0.2, -0.15) is 0 Å². The van der Waals surface area contributed by atoms with Crippen molar-refractivity contribution < 1.29 is 4.79 Å². The molecule has 1 N–H and O–H groups in total. The molecule has 3 aromatic carbocycles. The lowest BCUT2D eigenvalue weighted by Crippen LogP contribution is -2.37. The van der Waals surface area contributed by atoms with Gasteiger partial charge in [0.05, 0.1) is 22.6 Å². The maximum Gasteiger partial charge on any atom is 0.322 e. The third-order valence-electron chi connectivity index (χ3n) is 5.52. The fourth-order valence-corrected chi connectivity index (χ4v) is 3.79. The van der Waals surface area contributed by atoms with Crippen LogP contribution in [0, 0.1) is 6.92 Å². The molecule has 2 amide bonds. The summed E-state index contributed by atoms with van der Waals surface area (Å²) < 4.78 is 1.55. The third-order valence-corrected chi connectivity index (χ3v) is 6.01. The van der Waals surface area contributed by atoms with Crippen molar-refractivity contribution in [1.82, 2.24) is 14.5 Å². The van der Waals surface area contributed by atoms with Gasteiger partial charge in [0.25, 0.3) is 5.56 Å². The summed E-state index contributed by atoms with van der Waals surface area (Å²) in [5, 5.41) is 4.35. The number of nitrogens with zero attached hydrogens (tertiary/aromatic N) is 3. The summed E-state index contributed by atoms with van der Waals surface area (Å²) in [6.07, 6.45) is 0. The highest BCUT2D eigenvalue weighted by molar-refractivity contribution is 6.31. The van der Waals surface area contributed by atoms with E-state index in [2.05, 4.69) is 5.32 Å². The molecule has 6 nitrogen and oxygen atoms in total. The summed E-state index contributed by atoms with van der Waals surface area (Å²) >= 11 is 12.1. The van der Waals surface area contributed by atoms with Gasteiger partial charge in [0.1, 0.15) is 5.82 Å². The first-order chi connectivity index (χ1) is 15.7. The second-order valence-corrected chi connectivity index (χ2v) is 8.70. The highest BCUT2D eigenvalue weighted by Crippen LogP contribution is 2.24. The molecule has 0 radical (unpaired) electrons. The fourth-order valence-electron chi connectivity index (χ4n) is 3.49. The Morgan fingerprint density at radius 3 is 2.30 bits per heavy atom. The summed E-state index contributed by atoms with van der Waals surface area (Å²) in [4.78, 5) is 32.7. The first-order valence-corrected chi connectivity index (χ1v) is 11.1. The zero-order chi connectivity index (χ0) is 23.7. The van der Waals surface area contributed by atoms with Crippen LogP contribution < -0.4 is 10.9 Å². The molecule has 0 aliphatic heterocycles. The van der Waals surface area contributed by atoms with Crippen LogP contribution in [0.3, 0.4) is 0 Å². The average Bonchev–Trinajstić information content (AvgIpc) is 2.80. The summed E-state index contributed by atoms with van der Waals surface area (Å²) in [6, 6.07) is 18.5. The fraction of sp³-hybridized carbons (Fsp3) is 0.160. The quantitative estimate of drug-likeness (QED) is 0.376. The van der Waals surface area contributed by atoms with Crippen LogP contribution in [0.15, 0.2) is 71.5 Å². The predicted molar refractivity (Wildman–Crippen MR) is 134 cm³/mol. The number of benzene rings is 3. The number of fused-ring (bicyclic) bond motifs is 1. The van der Waals surface area contributed by atoms with Gasteiger partial charge < -0.3 is 10.2 Å². The summed E-state index contributed by atoms with van der Waals surface area (Å²) in [6.45, 7) is 3.80. The zero-order valence-electron chi connectivity index (χ0n) is 18.3. The number of nitrogens with one attached hydrogen (secondary N) is 1. The Balaban J connectivity index is 1.79. The Morgan fingerprint density at radius 1 is 1.00 bits per heavy atom. The van der Waals surface area contributed by atoms with Crippen molar-refractivity contribution in [3.8, 4) is 5.69 Å². The molecule has 1 heterocycles. The van der Waals surface area contributed by atoms with Gasteiger partial charge in [0, 0.05) is 22.8 Å². The van der Waals surface area contributed by atoms with E-state index in [-0.39, 0.29) is 11.6 Å². The van der Waals surface area contributed by atoms with E-state index in [1.165, 1.54) is 4.90 Å². The Labute approximate surface area is 201 Å². The number of hydrogen-bond acceptors (Lipinski definition) is 3. The topological polar surface area (TPSA) is 67.2 Å². The van der Waals surface area contributed by atoms with Crippen molar-refractivity contribution in [1.29, 1.82) is 0 Å². The van der Waals surface area contributed by atoms with Crippen LogP contribution in [0.1, 0.15) is 24.4 Å². The van der Waals surface area contributed by atoms with E-state index in [9.17, 15) is 9.59 Å². The molecule has 168 valence electrons. The van der Waals surface area contributed by atoms with Crippen molar-refractivity contribution in [3.05, 3.63) is 98.5 Å². The lowest BCUT2D eigenvalue weighted by molar-refractivity contribution is 0.205. The molecule has 33 heavy (non-hydrogen) atoms. The van der Waals surface area contributed by atoms with Crippen molar-refractivity contribution in [2.75, 3.05) is 12.4 Å². The van der Waals surface area contributed by atoms with Crippen molar-refractivity contribution >= 4 is 45.8 Å². The Bertz CT molecular complexity index is 1380. The van der Waals surface area contributed by atoms with Gasteiger partial charge in [0.2, 0.25) is 0 Å². The van der Waals surface area contributed by atoms with E-state index >= 15 is 0 Å². The molecule has 4 rings (SSSR count). The monoisotopic (exact) mass is 480 g/mol. The molecule has 0 bridgehead atoms. The van der Waals surface area contributed by atoms with Gasteiger partial charge >= 0.3 is 6.03 Å². The Hall–Kier alpha value is -3.35. The number of aromatic nitrogens is 2. The number of carbonyl (C=O) groups is 1. The number of aryl methyl sites for hydroxylation is 1. The van der Waals surface area contributed by atoms with Gasteiger partial charge in [0.15, 0.2) is 0 Å². The van der Waals surface area contributed by atoms with Crippen LogP contribution >= 0.6 is 23.2 Å². The molecule has 0 saturated carbocycles. The van der Waals surface area contributed by atoms with Crippen LogP contribution in [0.5, 0.6) is 0 Å². The predicted octanol–water partition coefficient (Wildman–Crippen LogP) is 6.23. The van der Waals surface area contributed by atoms with Gasteiger partial charge in [-0.15, -0.1) is 0 Å². The molecule has 0 aliphatic carbocycles. The second kappa shape index (κ2) is 9.25. The van der Waals surface area contributed by atoms with Crippen LogP contribution in [0.2, 0.25) is 10.0 Å². The maximum absolute atomic E-state index is 13.5. The van der Waals surface area contributed by atoms with Gasteiger partial charge in [-0.3, -0.25) is 9.36 Å². The molecule has 0 aliphatic rings. The highest BCUT2D eigenvalue weighted by atomic mass is 35.5. The molecule has 0 fully saturated rings. The lowest BCUT2D eigenvalue weighted by atomic mass is 10.1. The normalized spacial score (nSPS) is 11.9. The Kier molecular flexibility index (Phi) is 6.40. The zero-order valence-corrected chi connectivity index (χ0v) is 19.9. The molecular formula is C25H22Cl2N4O2. The van der Waals surface area contributed by atoms with Gasteiger partial charge in [-0.05, 0) is 68.4 Å². The van der Waals surface area contributed by atoms with Crippen molar-refractivity contribution in [2.45, 2.75) is 19.9 Å². The average molecular weight is 481 g/mol. The molecule has 1 aromatic heterocycles. The van der Waals surface area contributed by atoms with Crippen molar-refractivity contribution in [2.24, 2.45) is 0 Å². The molecular weight excluding hydrogens is 459 g/mol. The van der Waals surface area contributed by atoms with E-state index in [1.807, 2.05) is 38.1 Å². The summed E-state index contributed by atoms with van der Waals surface area (Å²) in [5.41, 5.74) is 2.60. The molecule has 4 aromatic rings. The smallest absolute Gasteiger partial charge is 0.318 e. The van der Waals surface area contributed by atoms with Crippen LogP contribution in [-0.4, -0.2) is 27.5 Å². The maximum atomic E-state index is 13.5. The van der Waals surface area contributed by atoms with Crippen molar-refractivity contribution in [3.63, 3.8) is 0 Å². The molecule has 1 atom stereocenters. The number of anilines is 1. The van der Waals surface area contributed by atoms with E-state index in [4.69, 9.17) is 28.2 Å². The summed E-state index contributed by atoms with van der Waals surface area (Å²) in [5.74, 6) is 0.423. The van der Waals surface area contributed by atoms with Crippen LogP contribution in [0.25, 0.3) is 16.6 Å². The second-order valence-electron chi connectivity index (χ2n) is 7.83. The first kappa shape index (κ1) is 22.8. The summed E-state index contributed by atoms with van der Waals surface area (Å²) in [7, 11) is 1.66. The molecule has 0 spiro atoms. The van der Waals surface area contributed by atoms with Crippen LogP contribution in [-0.2, 0) is 0 Å². The SMILES string of the molecule is Cc1ccc(-n2c(C(C)N(C)C(=O)Nc3ccc(Cl)cc3)nc3cc(Cl)ccc3c2=O)cc1. The Morgan fingerprint density at radius 2 is 1.64 bits per heavy atom. The number of urea groups is 1. The minimum Gasteiger partial charge on any atom is -0.318 e. The molecule has 8 heteroatoms. The number of carbonyl (C=O) groups excluding carboxylic acids is 1. The lowest BCUT2D eigenvalue weighted by Gasteiger charge is -2.27. The van der Waals surface area contributed by atoms with Gasteiger partial charge in [-0.1, -0.05) is 40.9 Å². The van der Waals surface area contributed by atoms with Crippen LogP contribution in [0.4, 0.5) is 10.5 Å². The third kappa shape index (κ3) is 4.72. The van der Waals surface area contributed by atoms with E-state index < -0.39 is 6.04 Å². The van der Waals surface area contributed by atoms with Gasteiger partial charge in [-0.25, -0.2) is 9.78 Å². The minimum atomic E-state index is -0.533. The number of hydrogen-bond donors (Lipinski definition) is 1. The van der Waals surface area contributed by atoms with E-state index in [1.54, 1.807) is 54.1 Å². The number of rotatable bonds is 4. The van der Waals surface area contributed by atoms with E-state index in [0.717, 1.165) is 5.56 Å². The highest BCUT2D eigenvalue weighted by Gasteiger charge is 2.24.